The maximum Gasteiger partial charge on any atom is 0.390 e. The summed E-state index contributed by atoms with van der Waals surface area (Å²) in [4.78, 5) is 3.98. The molecule has 1 rings (SSSR count). The van der Waals surface area contributed by atoms with Gasteiger partial charge in [-0.15, -0.1) is 0 Å². The second-order valence-corrected chi connectivity index (χ2v) is 5.78. The summed E-state index contributed by atoms with van der Waals surface area (Å²) >= 11 is 1.85. The van der Waals surface area contributed by atoms with Crippen LogP contribution in [0.2, 0.25) is 0 Å². The predicted octanol–water partition coefficient (Wildman–Crippen LogP) is 2.78. The van der Waals surface area contributed by atoms with Crippen molar-refractivity contribution in [3.05, 3.63) is 0 Å². The fourth-order valence-electron chi connectivity index (χ4n) is 2.09. The van der Waals surface area contributed by atoms with E-state index in [1.165, 1.54) is 0 Å². The van der Waals surface area contributed by atoms with Gasteiger partial charge in [0.1, 0.15) is 0 Å². The van der Waals surface area contributed by atoms with Crippen molar-refractivity contribution in [1.29, 1.82) is 0 Å². The topological polar surface area (TPSA) is 36.4 Å². The first-order valence-electron chi connectivity index (χ1n) is 6.59. The van der Waals surface area contributed by atoms with Crippen molar-refractivity contribution in [2.24, 2.45) is 4.99 Å². The zero-order valence-electron chi connectivity index (χ0n) is 11.4. The van der Waals surface area contributed by atoms with Gasteiger partial charge in [0.15, 0.2) is 5.96 Å². The highest BCUT2D eigenvalue weighted by Gasteiger charge is 2.27. The van der Waals surface area contributed by atoms with Gasteiger partial charge in [0.2, 0.25) is 0 Å². The molecule has 0 heterocycles. The van der Waals surface area contributed by atoms with Gasteiger partial charge in [-0.1, -0.05) is 0 Å². The Hall–Kier alpha value is -0.590. The van der Waals surface area contributed by atoms with E-state index in [-0.39, 0.29) is 6.54 Å². The van der Waals surface area contributed by atoms with Crippen molar-refractivity contribution in [2.45, 2.75) is 50.1 Å². The van der Waals surface area contributed by atoms with E-state index in [9.17, 15) is 13.2 Å². The summed E-state index contributed by atoms with van der Waals surface area (Å²) in [6.07, 6.45) is 0.330. The summed E-state index contributed by atoms with van der Waals surface area (Å²) in [6.45, 7) is 2.33. The minimum atomic E-state index is -4.14. The third-order valence-electron chi connectivity index (χ3n) is 3.07. The Kier molecular flexibility index (Phi) is 6.82. The lowest BCUT2D eigenvalue weighted by atomic mass is 10.2. The van der Waals surface area contributed by atoms with Gasteiger partial charge in [-0.25, -0.2) is 0 Å². The molecule has 112 valence electrons. The van der Waals surface area contributed by atoms with Crippen LogP contribution in [-0.4, -0.2) is 42.8 Å². The van der Waals surface area contributed by atoms with E-state index in [4.69, 9.17) is 0 Å². The first kappa shape index (κ1) is 16.5. The van der Waals surface area contributed by atoms with E-state index in [1.54, 1.807) is 0 Å². The van der Waals surface area contributed by atoms with Crippen LogP contribution in [0.4, 0.5) is 13.2 Å². The SMILES string of the molecule is CCNC(=NCCC(F)(F)F)NC1CCC(SC)C1. The van der Waals surface area contributed by atoms with Crippen LogP contribution in [0, 0.1) is 0 Å². The maximum atomic E-state index is 12.1. The molecular formula is C12H22F3N3S. The van der Waals surface area contributed by atoms with Crippen molar-refractivity contribution >= 4 is 17.7 Å². The molecule has 0 amide bonds. The average molecular weight is 297 g/mol. The number of rotatable bonds is 5. The number of halogens is 3. The lowest BCUT2D eigenvalue weighted by molar-refractivity contribution is -0.132. The molecule has 0 bridgehead atoms. The van der Waals surface area contributed by atoms with Crippen molar-refractivity contribution < 1.29 is 13.2 Å². The molecule has 0 aromatic carbocycles. The van der Waals surface area contributed by atoms with Gasteiger partial charge in [-0.2, -0.15) is 24.9 Å². The third-order valence-corrected chi connectivity index (χ3v) is 4.16. The summed E-state index contributed by atoms with van der Waals surface area (Å²) in [5.74, 6) is 0.499. The molecule has 1 aliphatic carbocycles. The number of hydrogen-bond donors (Lipinski definition) is 2. The predicted molar refractivity (Wildman–Crippen MR) is 74.7 cm³/mol. The van der Waals surface area contributed by atoms with Gasteiger partial charge in [0, 0.05) is 17.8 Å². The monoisotopic (exact) mass is 297 g/mol. The zero-order chi connectivity index (χ0) is 14.3. The summed E-state index contributed by atoms with van der Waals surface area (Å²) in [5, 5.41) is 6.87. The van der Waals surface area contributed by atoms with Crippen LogP contribution in [0.5, 0.6) is 0 Å². The van der Waals surface area contributed by atoms with Crippen LogP contribution in [0.3, 0.4) is 0 Å². The van der Waals surface area contributed by atoms with E-state index in [0.29, 0.717) is 23.8 Å². The molecule has 19 heavy (non-hydrogen) atoms. The summed E-state index contributed by atoms with van der Waals surface area (Å²) < 4.78 is 36.2. The third kappa shape index (κ3) is 6.94. The van der Waals surface area contributed by atoms with Crippen molar-refractivity contribution in [3.63, 3.8) is 0 Å². The Morgan fingerprint density at radius 2 is 2.11 bits per heavy atom. The van der Waals surface area contributed by atoms with Gasteiger partial charge in [-0.3, -0.25) is 4.99 Å². The van der Waals surface area contributed by atoms with Crippen molar-refractivity contribution in [3.8, 4) is 0 Å². The first-order valence-corrected chi connectivity index (χ1v) is 7.87. The number of hydrogen-bond acceptors (Lipinski definition) is 2. The number of guanidine groups is 1. The van der Waals surface area contributed by atoms with Crippen LogP contribution in [0.25, 0.3) is 0 Å². The number of nitrogens with one attached hydrogen (secondary N) is 2. The van der Waals surface area contributed by atoms with Gasteiger partial charge in [0.25, 0.3) is 0 Å². The molecule has 0 saturated heterocycles. The minimum Gasteiger partial charge on any atom is -0.357 e. The molecule has 2 atom stereocenters. The quantitative estimate of drug-likeness (QED) is 0.605. The number of nitrogens with zero attached hydrogens (tertiary/aromatic N) is 1. The minimum absolute atomic E-state index is 0.225. The highest BCUT2D eigenvalue weighted by Crippen LogP contribution is 2.28. The maximum absolute atomic E-state index is 12.1. The fourth-order valence-corrected chi connectivity index (χ4v) is 2.89. The zero-order valence-corrected chi connectivity index (χ0v) is 12.2. The summed E-state index contributed by atoms with van der Waals surface area (Å²) in [6, 6.07) is 0.320. The van der Waals surface area contributed by atoms with Crippen LogP contribution in [-0.2, 0) is 0 Å². The number of thioether (sulfide) groups is 1. The molecule has 0 spiro atoms. The van der Waals surface area contributed by atoms with E-state index in [1.807, 2.05) is 18.7 Å². The lowest BCUT2D eigenvalue weighted by Gasteiger charge is -2.17. The Morgan fingerprint density at radius 1 is 1.37 bits per heavy atom. The summed E-state index contributed by atoms with van der Waals surface area (Å²) in [5.41, 5.74) is 0. The molecule has 0 aliphatic heterocycles. The highest BCUT2D eigenvalue weighted by molar-refractivity contribution is 7.99. The van der Waals surface area contributed by atoms with Gasteiger partial charge < -0.3 is 10.6 Å². The lowest BCUT2D eigenvalue weighted by Crippen LogP contribution is -2.42. The number of aliphatic imine (C=N–C) groups is 1. The van der Waals surface area contributed by atoms with Gasteiger partial charge in [0.05, 0.1) is 13.0 Å². The van der Waals surface area contributed by atoms with Crippen molar-refractivity contribution in [2.75, 3.05) is 19.3 Å². The average Bonchev–Trinajstić information content (AvgIpc) is 2.75. The number of alkyl halides is 3. The normalized spacial score (nSPS) is 24.6. The molecular weight excluding hydrogens is 275 g/mol. The van der Waals surface area contributed by atoms with E-state index >= 15 is 0 Å². The fraction of sp³-hybridized carbons (Fsp3) is 0.917. The Labute approximate surface area is 116 Å². The van der Waals surface area contributed by atoms with Crippen LogP contribution in [0.15, 0.2) is 4.99 Å². The van der Waals surface area contributed by atoms with Gasteiger partial charge >= 0.3 is 6.18 Å². The molecule has 1 aliphatic rings. The molecule has 0 aromatic rings. The Balaban J connectivity index is 2.41. The smallest absolute Gasteiger partial charge is 0.357 e. The first-order chi connectivity index (χ1) is 8.94. The van der Waals surface area contributed by atoms with E-state index < -0.39 is 12.6 Å². The van der Waals surface area contributed by atoms with Crippen molar-refractivity contribution in [1.82, 2.24) is 10.6 Å². The second-order valence-electron chi connectivity index (χ2n) is 4.64. The summed E-state index contributed by atoms with van der Waals surface area (Å²) in [7, 11) is 0. The van der Waals surface area contributed by atoms with Gasteiger partial charge in [-0.05, 0) is 32.4 Å². The van der Waals surface area contributed by atoms with Crippen LogP contribution in [0.1, 0.15) is 32.6 Å². The van der Waals surface area contributed by atoms with Crippen LogP contribution >= 0.6 is 11.8 Å². The molecule has 2 N–H and O–H groups in total. The highest BCUT2D eigenvalue weighted by atomic mass is 32.2. The molecule has 0 aromatic heterocycles. The molecule has 1 saturated carbocycles. The van der Waals surface area contributed by atoms with E-state index in [2.05, 4.69) is 21.9 Å². The van der Waals surface area contributed by atoms with E-state index in [0.717, 1.165) is 19.3 Å². The largest absolute Gasteiger partial charge is 0.390 e. The molecule has 7 heteroatoms. The Morgan fingerprint density at radius 3 is 2.63 bits per heavy atom. The molecule has 3 nitrogen and oxygen atoms in total. The standard InChI is InChI=1S/C12H22F3N3S/c1-3-16-11(17-7-6-12(13,14)15)18-9-4-5-10(8-9)19-2/h9-10H,3-8H2,1-2H3,(H2,16,17,18). The molecule has 0 radical (unpaired) electrons. The second kappa shape index (κ2) is 7.87. The molecule has 1 fully saturated rings. The molecule has 2 unspecified atom stereocenters. The Bertz CT molecular complexity index is 294. The van der Waals surface area contributed by atoms with Crippen LogP contribution < -0.4 is 10.6 Å².